The number of benzene rings is 3. The van der Waals surface area contributed by atoms with Crippen LogP contribution in [0.1, 0.15) is 15.9 Å². The quantitative estimate of drug-likeness (QED) is 0.436. The van der Waals surface area contributed by atoms with Crippen LogP contribution in [-0.2, 0) is 16.6 Å². The predicted octanol–water partition coefficient (Wildman–Crippen LogP) is 4.39. The highest BCUT2D eigenvalue weighted by Gasteiger charge is 2.23. The number of carbonyl (C=O) groups is 1. The first-order chi connectivity index (χ1) is 14.9. The highest BCUT2D eigenvalue weighted by molar-refractivity contribution is 7.89. The number of para-hydroxylation sites is 1. The minimum atomic E-state index is -3.56. The second-order valence-electron chi connectivity index (χ2n) is 7.15. The van der Waals surface area contributed by atoms with Gasteiger partial charge in [0.1, 0.15) is 0 Å². The molecule has 0 spiro atoms. The van der Waals surface area contributed by atoms with Crippen LogP contribution in [0.5, 0.6) is 0 Å². The maximum absolute atomic E-state index is 13.5. The molecule has 0 N–H and O–H groups in total. The summed E-state index contributed by atoms with van der Waals surface area (Å²) in [6.07, 6.45) is 0. The normalized spacial score (nSPS) is 11.7. The molecule has 0 unspecified atom stereocenters. The van der Waals surface area contributed by atoms with Gasteiger partial charge in [0, 0.05) is 19.7 Å². The summed E-state index contributed by atoms with van der Waals surface area (Å²) < 4.78 is 26.8. The molecule has 1 aromatic heterocycles. The van der Waals surface area contributed by atoms with E-state index in [1.54, 1.807) is 17.0 Å². The second kappa shape index (κ2) is 8.58. The van der Waals surface area contributed by atoms with Crippen LogP contribution in [0.15, 0.2) is 83.8 Å². The average Bonchev–Trinajstić information content (AvgIpc) is 3.21. The van der Waals surface area contributed by atoms with Gasteiger partial charge in [0.25, 0.3) is 5.91 Å². The zero-order valence-electron chi connectivity index (χ0n) is 17.1. The van der Waals surface area contributed by atoms with Crippen LogP contribution in [0.2, 0.25) is 0 Å². The highest BCUT2D eigenvalue weighted by atomic mass is 32.2. The van der Waals surface area contributed by atoms with Gasteiger partial charge in [0.2, 0.25) is 10.0 Å². The summed E-state index contributed by atoms with van der Waals surface area (Å²) in [6, 6.07) is 23.5. The third-order valence-corrected chi connectivity index (χ3v) is 7.71. The number of aromatic nitrogens is 1. The van der Waals surface area contributed by atoms with Crippen molar-refractivity contribution in [3.05, 3.63) is 90.0 Å². The van der Waals surface area contributed by atoms with Gasteiger partial charge in [-0.1, -0.05) is 53.8 Å². The molecule has 0 fully saturated rings. The van der Waals surface area contributed by atoms with Crippen LogP contribution in [-0.4, -0.2) is 37.7 Å². The molecule has 0 saturated heterocycles. The van der Waals surface area contributed by atoms with E-state index < -0.39 is 10.0 Å². The Kier molecular flexibility index (Phi) is 5.86. The van der Waals surface area contributed by atoms with Gasteiger partial charge in [-0.05, 0) is 42.0 Å². The van der Waals surface area contributed by atoms with E-state index >= 15 is 0 Å². The molecule has 0 radical (unpaired) electrons. The molecular weight excluding hydrogens is 430 g/mol. The van der Waals surface area contributed by atoms with Gasteiger partial charge < -0.3 is 0 Å². The van der Waals surface area contributed by atoms with Crippen molar-refractivity contribution in [2.45, 2.75) is 11.4 Å². The Labute approximate surface area is 185 Å². The summed E-state index contributed by atoms with van der Waals surface area (Å²) in [6.45, 7) is 0.358. The zero-order valence-corrected chi connectivity index (χ0v) is 18.7. The van der Waals surface area contributed by atoms with Crippen molar-refractivity contribution in [3.63, 3.8) is 0 Å². The summed E-state index contributed by atoms with van der Waals surface area (Å²) >= 11 is 1.45. The smallest absolute Gasteiger partial charge is 0.260 e. The Morgan fingerprint density at radius 3 is 2.19 bits per heavy atom. The minimum absolute atomic E-state index is 0.142. The fourth-order valence-electron chi connectivity index (χ4n) is 3.10. The number of hydrogen-bond donors (Lipinski definition) is 0. The molecule has 4 rings (SSSR count). The highest BCUT2D eigenvalue weighted by Crippen LogP contribution is 2.31. The molecule has 31 heavy (non-hydrogen) atoms. The number of thiazole rings is 1. The standard InChI is InChI=1S/C23H21N3O3S2/c1-25(2)31(28,29)19-14-12-18(13-15-19)22(27)26(16-17-8-4-3-5-9-17)23-24-20-10-6-7-11-21(20)30-23/h3-15H,16H2,1-2H3. The third kappa shape index (κ3) is 4.36. The van der Waals surface area contributed by atoms with Crippen molar-refractivity contribution in [2.75, 3.05) is 19.0 Å². The molecule has 0 aliphatic rings. The molecule has 0 aliphatic carbocycles. The fraction of sp³-hybridized carbons (Fsp3) is 0.130. The summed E-state index contributed by atoms with van der Waals surface area (Å²) in [4.78, 5) is 19.9. The predicted molar refractivity (Wildman–Crippen MR) is 124 cm³/mol. The molecule has 3 aromatic carbocycles. The SMILES string of the molecule is CN(C)S(=O)(=O)c1ccc(C(=O)N(Cc2ccccc2)c2nc3ccccc3s2)cc1. The van der Waals surface area contributed by atoms with Gasteiger partial charge in [-0.3, -0.25) is 9.69 Å². The number of amides is 1. The van der Waals surface area contributed by atoms with Crippen LogP contribution >= 0.6 is 11.3 Å². The molecule has 1 heterocycles. The molecule has 4 aromatic rings. The molecule has 6 nitrogen and oxygen atoms in total. The van der Waals surface area contributed by atoms with Gasteiger partial charge in [-0.15, -0.1) is 0 Å². The van der Waals surface area contributed by atoms with Gasteiger partial charge >= 0.3 is 0 Å². The van der Waals surface area contributed by atoms with Gasteiger partial charge in [-0.2, -0.15) is 0 Å². The van der Waals surface area contributed by atoms with Crippen molar-refractivity contribution in [3.8, 4) is 0 Å². The Morgan fingerprint density at radius 2 is 1.55 bits per heavy atom. The van der Waals surface area contributed by atoms with E-state index in [9.17, 15) is 13.2 Å². The number of sulfonamides is 1. The first-order valence-corrected chi connectivity index (χ1v) is 11.9. The van der Waals surface area contributed by atoms with Crippen LogP contribution in [0.4, 0.5) is 5.13 Å². The Bertz CT molecular complexity index is 1280. The molecule has 0 aliphatic heterocycles. The molecule has 0 atom stereocenters. The number of carbonyl (C=O) groups excluding carboxylic acids is 1. The van der Waals surface area contributed by atoms with Crippen LogP contribution in [0.3, 0.4) is 0 Å². The number of rotatable bonds is 6. The molecule has 1 amide bonds. The molecule has 0 saturated carbocycles. The summed E-state index contributed by atoms with van der Waals surface area (Å²) in [5.74, 6) is -0.239. The van der Waals surface area contributed by atoms with E-state index in [4.69, 9.17) is 0 Å². The number of nitrogens with zero attached hydrogens (tertiary/aromatic N) is 3. The molecule has 0 bridgehead atoms. The van der Waals surface area contributed by atoms with E-state index in [2.05, 4.69) is 4.98 Å². The first kappa shape index (κ1) is 21.2. The lowest BCUT2D eigenvalue weighted by Crippen LogP contribution is -2.30. The summed E-state index contributed by atoms with van der Waals surface area (Å²) in [5, 5.41) is 0.597. The maximum Gasteiger partial charge on any atom is 0.260 e. The van der Waals surface area contributed by atoms with Crippen LogP contribution in [0, 0.1) is 0 Å². The van der Waals surface area contributed by atoms with E-state index in [0.29, 0.717) is 17.2 Å². The van der Waals surface area contributed by atoms with Crippen molar-refractivity contribution >= 4 is 42.6 Å². The topological polar surface area (TPSA) is 70.6 Å². The average molecular weight is 452 g/mol. The zero-order chi connectivity index (χ0) is 22.0. The van der Waals surface area contributed by atoms with E-state index in [1.165, 1.54) is 37.6 Å². The van der Waals surface area contributed by atoms with Gasteiger partial charge in [0.05, 0.1) is 21.7 Å². The Hall–Kier alpha value is -3.07. The largest absolute Gasteiger partial charge is 0.279 e. The minimum Gasteiger partial charge on any atom is -0.279 e. The van der Waals surface area contributed by atoms with Gasteiger partial charge in [0.15, 0.2) is 5.13 Å². The molecular formula is C23H21N3O3S2. The number of anilines is 1. The summed E-state index contributed by atoms with van der Waals surface area (Å²) in [7, 11) is -0.609. The first-order valence-electron chi connectivity index (χ1n) is 9.60. The molecule has 158 valence electrons. The third-order valence-electron chi connectivity index (χ3n) is 4.82. The maximum atomic E-state index is 13.5. The van der Waals surface area contributed by atoms with Gasteiger partial charge in [-0.25, -0.2) is 17.7 Å². The number of fused-ring (bicyclic) bond motifs is 1. The lowest BCUT2D eigenvalue weighted by molar-refractivity contribution is 0.0985. The molecule has 8 heteroatoms. The van der Waals surface area contributed by atoms with Crippen molar-refractivity contribution in [2.24, 2.45) is 0 Å². The lowest BCUT2D eigenvalue weighted by Gasteiger charge is -2.20. The van der Waals surface area contributed by atoms with E-state index in [1.807, 2.05) is 54.6 Å². The number of hydrogen-bond acceptors (Lipinski definition) is 5. The second-order valence-corrected chi connectivity index (χ2v) is 10.3. The van der Waals surface area contributed by atoms with Crippen LogP contribution < -0.4 is 4.90 Å². The monoisotopic (exact) mass is 451 g/mol. The van der Waals surface area contributed by atoms with E-state index in [-0.39, 0.29) is 10.8 Å². The summed E-state index contributed by atoms with van der Waals surface area (Å²) in [5.41, 5.74) is 2.20. The van der Waals surface area contributed by atoms with Crippen molar-refractivity contribution < 1.29 is 13.2 Å². The van der Waals surface area contributed by atoms with Crippen molar-refractivity contribution in [1.82, 2.24) is 9.29 Å². The van der Waals surface area contributed by atoms with E-state index in [0.717, 1.165) is 20.1 Å². The fourth-order valence-corrected chi connectivity index (χ4v) is 4.97. The Morgan fingerprint density at radius 1 is 0.903 bits per heavy atom. The lowest BCUT2D eigenvalue weighted by atomic mass is 10.1. The van der Waals surface area contributed by atoms with Crippen LogP contribution in [0.25, 0.3) is 10.2 Å². The van der Waals surface area contributed by atoms with Crippen molar-refractivity contribution in [1.29, 1.82) is 0 Å². The Balaban J connectivity index is 1.71.